The van der Waals surface area contributed by atoms with Gasteiger partial charge in [-0.1, -0.05) is 18.5 Å². The summed E-state index contributed by atoms with van der Waals surface area (Å²) in [4.78, 5) is 7.15. The molecule has 0 amide bonds. The molecule has 0 aliphatic carbocycles. The molecule has 0 bridgehead atoms. The Balaban J connectivity index is 2.14. The molecule has 0 saturated carbocycles. The average Bonchev–Trinajstić information content (AvgIpc) is 2.96. The summed E-state index contributed by atoms with van der Waals surface area (Å²) < 4.78 is 0. The zero-order valence-electron chi connectivity index (χ0n) is 11.5. The third kappa shape index (κ3) is 2.18. The van der Waals surface area contributed by atoms with Gasteiger partial charge in [0.25, 0.3) is 0 Å². The van der Waals surface area contributed by atoms with Gasteiger partial charge in [-0.25, -0.2) is 0 Å². The third-order valence-electron chi connectivity index (χ3n) is 4.04. The van der Waals surface area contributed by atoms with Crippen LogP contribution in [0.3, 0.4) is 0 Å². The number of pyridine rings is 1. The summed E-state index contributed by atoms with van der Waals surface area (Å²) in [6.07, 6.45) is 3.50. The third-order valence-corrected chi connectivity index (χ3v) is 4.53. The molecule has 2 heterocycles. The summed E-state index contributed by atoms with van der Waals surface area (Å²) in [7, 11) is 0. The summed E-state index contributed by atoms with van der Waals surface area (Å²) in [6, 6.07) is 6.47. The van der Waals surface area contributed by atoms with Crippen LogP contribution in [-0.2, 0) is 6.42 Å². The van der Waals surface area contributed by atoms with Gasteiger partial charge in [0.2, 0.25) is 0 Å². The van der Waals surface area contributed by atoms with Crippen molar-refractivity contribution in [2.75, 3.05) is 18.0 Å². The highest BCUT2D eigenvalue weighted by molar-refractivity contribution is 6.36. The molecule has 1 aromatic heterocycles. The molecular formula is C16H19ClN2. The zero-order valence-corrected chi connectivity index (χ0v) is 12.3. The van der Waals surface area contributed by atoms with Crippen molar-refractivity contribution in [2.45, 2.75) is 33.1 Å². The first-order chi connectivity index (χ1) is 9.20. The van der Waals surface area contributed by atoms with Gasteiger partial charge in [0.15, 0.2) is 0 Å². The zero-order chi connectivity index (χ0) is 13.4. The maximum atomic E-state index is 6.53. The highest BCUT2D eigenvalue weighted by Gasteiger charge is 2.15. The van der Waals surface area contributed by atoms with Gasteiger partial charge in [0.1, 0.15) is 0 Å². The van der Waals surface area contributed by atoms with Crippen molar-refractivity contribution >= 4 is 28.2 Å². The molecule has 1 fully saturated rings. The second-order valence-electron chi connectivity index (χ2n) is 5.25. The van der Waals surface area contributed by atoms with Gasteiger partial charge < -0.3 is 4.90 Å². The minimum absolute atomic E-state index is 0.864. The summed E-state index contributed by atoms with van der Waals surface area (Å²) in [5, 5.41) is 1.95. The highest BCUT2D eigenvalue weighted by Crippen LogP contribution is 2.32. The van der Waals surface area contributed by atoms with E-state index in [1.165, 1.54) is 18.5 Å². The molecule has 19 heavy (non-hydrogen) atoms. The standard InChI is InChI=1S/C16H19ClN2/c1-3-14-11(2)16(17)13-10-12(6-7-15(13)18-14)19-8-4-5-9-19/h6-7,10H,3-5,8-9H2,1-2H3. The van der Waals surface area contributed by atoms with E-state index < -0.39 is 0 Å². The second-order valence-corrected chi connectivity index (χ2v) is 5.62. The van der Waals surface area contributed by atoms with E-state index in [2.05, 4.69) is 36.9 Å². The first-order valence-corrected chi connectivity index (χ1v) is 7.42. The minimum Gasteiger partial charge on any atom is -0.372 e. The Labute approximate surface area is 119 Å². The molecular weight excluding hydrogens is 256 g/mol. The van der Waals surface area contributed by atoms with E-state index in [4.69, 9.17) is 16.6 Å². The van der Waals surface area contributed by atoms with Gasteiger partial charge in [-0.05, 0) is 49.9 Å². The van der Waals surface area contributed by atoms with Crippen LogP contribution < -0.4 is 4.90 Å². The van der Waals surface area contributed by atoms with Crippen molar-refractivity contribution in [2.24, 2.45) is 0 Å². The number of fused-ring (bicyclic) bond motifs is 1. The van der Waals surface area contributed by atoms with Crippen molar-refractivity contribution in [3.05, 3.63) is 34.5 Å². The number of benzene rings is 1. The van der Waals surface area contributed by atoms with Gasteiger partial charge in [-0.15, -0.1) is 0 Å². The molecule has 2 nitrogen and oxygen atoms in total. The van der Waals surface area contributed by atoms with Crippen molar-refractivity contribution in [3.63, 3.8) is 0 Å². The number of hydrogen-bond donors (Lipinski definition) is 0. The van der Waals surface area contributed by atoms with E-state index in [1.807, 2.05) is 0 Å². The second kappa shape index (κ2) is 5.01. The summed E-state index contributed by atoms with van der Waals surface area (Å²) in [5.41, 5.74) is 4.51. The van der Waals surface area contributed by atoms with E-state index in [0.717, 1.165) is 46.7 Å². The number of rotatable bonds is 2. The minimum atomic E-state index is 0.864. The lowest BCUT2D eigenvalue weighted by Crippen LogP contribution is -2.17. The molecule has 0 atom stereocenters. The van der Waals surface area contributed by atoms with Crippen LogP contribution in [0.4, 0.5) is 5.69 Å². The highest BCUT2D eigenvalue weighted by atomic mass is 35.5. The number of nitrogens with zero attached hydrogens (tertiary/aromatic N) is 2. The number of aromatic nitrogens is 1. The number of halogens is 1. The first kappa shape index (κ1) is 12.7. The lowest BCUT2D eigenvalue weighted by atomic mass is 10.1. The monoisotopic (exact) mass is 274 g/mol. The Hall–Kier alpha value is -1.28. The smallest absolute Gasteiger partial charge is 0.0722 e. The van der Waals surface area contributed by atoms with Gasteiger partial charge in [-0.3, -0.25) is 4.98 Å². The molecule has 0 unspecified atom stereocenters. The molecule has 0 N–H and O–H groups in total. The normalized spacial score (nSPS) is 15.4. The van der Waals surface area contributed by atoms with E-state index in [1.54, 1.807) is 0 Å². The molecule has 1 saturated heterocycles. The molecule has 100 valence electrons. The molecule has 1 aliphatic heterocycles. The molecule has 3 rings (SSSR count). The predicted octanol–water partition coefficient (Wildman–Crippen LogP) is 4.36. The molecule has 2 aromatic rings. The maximum Gasteiger partial charge on any atom is 0.0722 e. The van der Waals surface area contributed by atoms with Gasteiger partial charge >= 0.3 is 0 Å². The van der Waals surface area contributed by atoms with Crippen molar-refractivity contribution in [1.82, 2.24) is 4.98 Å². The fourth-order valence-corrected chi connectivity index (χ4v) is 3.13. The number of anilines is 1. The summed E-state index contributed by atoms with van der Waals surface area (Å²) in [5.74, 6) is 0. The topological polar surface area (TPSA) is 16.1 Å². The Kier molecular flexibility index (Phi) is 3.36. The van der Waals surface area contributed by atoms with Crippen molar-refractivity contribution < 1.29 is 0 Å². The number of aryl methyl sites for hydroxylation is 1. The average molecular weight is 275 g/mol. The fourth-order valence-electron chi connectivity index (χ4n) is 2.87. The summed E-state index contributed by atoms with van der Waals surface area (Å²) >= 11 is 6.53. The Morgan fingerprint density at radius 1 is 1.26 bits per heavy atom. The SMILES string of the molecule is CCc1nc2ccc(N3CCCC3)cc2c(Cl)c1C. The van der Waals surface area contributed by atoms with E-state index in [-0.39, 0.29) is 0 Å². The van der Waals surface area contributed by atoms with E-state index in [9.17, 15) is 0 Å². The number of hydrogen-bond acceptors (Lipinski definition) is 2. The summed E-state index contributed by atoms with van der Waals surface area (Å²) in [6.45, 7) is 6.50. The van der Waals surface area contributed by atoms with E-state index >= 15 is 0 Å². The van der Waals surface area contributed by atoms with Crippen LogP contribution in [0.2, 0.25) is 5.02 Å². The van der Waals surface area contributed by atoms with Crippen LogP contribution in [0.15, 0.2) is 18.2 Å². The maximum absolute atomic E-state index is 6.53. The van der Waals surface area contributed by atoms with E-state index in [0.29, 0.717) is 0 Å². The molecule has 1 aliphatic rings. The van der Waals surface area contributed by atoms with Crippen molar-refractivity contribution in [1.29, 1.82) is 0 Å². The molecule has 0 radical (unpaired) electrons. The van der Waals surface area contributed by atoms with Crippen LogP contribution >= 0.6 is 11.6 Å². The lowest BCUT2D eigenvalue weighted by Gasteiger charge is -2.18. The van der Waals surface area contributed by atoms with Crippen LogP contribution in [0, 0.1) is 6.92 Å². The first-order valence-electron chi connectivity index (χ1n) is 7.04. The van der Waals surface area contributed by atoms with Gasteiger partial charge in [-0.2, -0.15) is 0 Å². The Bertz CT molecular complexity index is 616. The largest absolute Gasteiger partial charge is 0.372 e. The van der Waals surface area contributed by atoms with Crippen LogP contribution in [0.1, 0.15) is 31.0 Å². The van der Waals surface area contributed by atoms with Gasteiger partial charge in [0.05, 0.1) is 10.5 Å². The quantitative estimate of drug-likeness (QED) is 0.809. The Morgan fingerprint density at radius 2 is 2.00 bits per heavy atom. The van der Waals surface area contributed by atoms with Crippen molar-refractivity contribution in [3.8, 4) is 0 Å². The molecule has 1 aromatic carbocycles. The predicted molar refractivity (Wildman–Crippen MR) is 82.3 cm³/mol. The van der Waals surface area contributed by atoms with Crippen LogP contribution in [0.25, 0.3) is 10.9 Å². The lowest BCUT2D eigenvalue weighted by molar-refractivity contribution is 0.949. The fraction of sp³-hybridized carbons (Fsp3) is 0.438. The molecule has 3 heteroatoms. The van der Waals surface area contributed by atoms with Gasteiger partial charge in [0, 0.05) is 29.9 Å². The molecule has 0 spiro atoms. The Morgan fingerprint density at radius 3 is 2.68 bits per heavy atom. The van der Waals surface area contributed by atoms with Crippen LogP contribution in [0.5, 0.6) is 0 Å². The van der Waals surface area contributed by atoms with Crippen LogP contribution in [-0.4, -0.2) is 18.1 Å².